The first-order chi connectivity index (χ1) is 11.0. The van der Waals surface area contributed by atoms with E-state index in [1.165, 1.54) is 17.0 Å². The number of amides is 1. The van der Waals surface area contributed by atoms with Crippen LogP contribution in [0.5, 0.6) is 0 Å². The van der Waals surface area contributed by atoms with E-state index in [9.17, 15) is 9.59 Å². The number of benzene rings is 1. The number of hydrogen-bond donors (Lipinski definition) is 0. The summed E-state index contributed by atoms with van der Waals surface area (Å²) in [7, 11) is 0. The molecule has 0 saturated carbocycles. The van der Waals surface area contributed by atoms with Crippen LogP contribution in [-0.2, 0) is 9.53 Å². The summed E-state index contributed by atoms with van der Waals surface area (Å²) in [6.07, 6.45) is 0.260. The van der Waals surface area contributed by atoms with Crippen LogP contribution in [0.3, 0.4) is 0 Å². The average Bonchev–Trinajstić information content (AvgIpc) is 2.55. The maximum Gasteiger partial charge on any atom is 0.340 e. The van der Waals surface area contributed by atoms with Crippen molar-refractivity contribution in [2.75, 3.05) is 19.7 Å². The Morgan fingerprint density at radius 1 is 1.13 bits per heavy atom. The molecule has 8 heteroatoms. The van der Waals surface area contributed by atoms with Gasteiger partial charge in [0.2, 0.25) is 0 Å². The predicted octanol–water partition coefficient (Wildman–Crippen LogP) is 2.81. The van der Waals surface area contributed by atoms with E-state index < -0.39 is 18.5 Å². The lowest BCUT2D eigenvalue weighted by Gasteiger charge is -2.20. The van der Waals surface area contributed by atoms with Crippen LogP contribution in [0.4, 0.5) is 0 Å². The highest BCUT2D eigenvalue weighted by Crippen LogP contribution is 2.25. The Morgan fingerprint density at radius 2 is 1.74 bits per heavy atom. The molecule has 1 amide bonds. The minimum atomic E-state index is -0.772. The third-order valence-electron chi connectivity index (χ3n) is 2.84. The summed E-state index contributed by atoms with van der Waals surface area (Å²) in [6, 6.07) is 8.33. The van der Waals surface area contributed by atoms with Crippen LogP contribution < -0.4 is 0 Å². The van der Waals surface area contributed by atoms with Gasteiger partial charge >= 0.3 is 5.97 Å². The minimum Gasteiger partial charge on any atom is -0.452 e. The number of carbonyl (C=O) groups is 2. The van der Waals surface area contributed by atoms with E-state index in [2.05, 4.69) is 0 Å². The SMILES string of the molecule is N#CCCN(CCC#N)C(=O)COC(=O)c1cccc(Cl)c1Cl. The van der Waals surface area contributed by atoms with Gasteiger partial charge in [-0.25, -0.2) is 4.79 Å². The van der Waals surface area contributed by atoms with Gasteiger partial charge in [0.05, 0.1) is 40.6 Å². The molecule has 0 heterocycles. The number of rotatable bonds is 7. The molecule has 1 aromatic rings. The Bertz CT molecular complexity index is 647. The van der Waals surface area contributed by atoms with Crippen molar-refractivity contribution >= 4 is 35.1 Å². The largest absolute Gasteiger partial charge is 0.452 e. The molecule has 0 radical (unpaired) electrons. The highest BCUT2D eigenvalue weighted by atomic mass is 35.5. The standard InChI is InChI=1S/C15H13Cl2N3O3/c16-12-5-1-4-11(14(12)17)15(22)23-10-13(21)20(8-2-6-18)9-3-7-19/h1,4-5H,2-3,8-10H2. The fourth-order valence-electron chi connectivity index (χ4n) is 1.69. The van der Waals surface area contributed by atoms with Gasteiger partial charge in [-0.2, -0.15) is 10.5 Å². The van der Waals surface area contributed by atoms with Crippen LogP contribution >= 0.6 is 23.2 Å². The number of carbonyl (C=O) groups excluding carboxylic acids is 2. The molecule has 1 rings (SSSR count). The zero-order valence-electron chi connectivity index (χ0n) is 12.1. The predicted molar refractivity (Wildman–Crippen MR) is 83.8 cm³/mol. The van der Waals surface area contributed by atoms with E-state index in [1.807, 2.05) is 12.1 Å². The van der Waals surface area contributed by atoms with E-state index in [0.717, 1.165) is 0 Å². The molecule has 0 bridgehead atoms. The first kappa shape index (κ1) is 18.8. The van der Waals surface area contributed by atoms with Gasteiger partial charge in [0.15, 0.2) is 6.61 Å². The van der Waals surface area contributed by atoms with Crippen LogP contribution in [0, 0.1) is 22.7 Å². The van der Waals surface area contributed by atoms with E-state index in [4.69, 9.17) is 38.5 Å². The lowest BCUT2D eigenvalue weighted by Crippen LogP contribution is -2.36. The van der Waals surface area contributed by atoms with Crippen LogP contribution in [0.2, 0.25) is 10.0 Å². The molecule has 0 aliphatic heterocycles. The van der Waals surface area contributed by atoms with E-state index in [-0.39, 0.29) is 41.5 Å². The number of nitrogens with zero attached hydrogens (tertiary/aromatic N) is 3. The molecule has 0 aliphatic carbocycles. The second-order valence-electron chi connectivity index (χ2n) is 4.37. The summed E-state index contributed by atoms with van der Waals surface area (Å²) >= 11 is 11.7. The number of hydrogen-bond acceptors (Lipinski definition) is 5. The van der Waals surface area contributed by atoms with Gasteiger partial charge in [-0.1, -0.05) is 29.3 Å². The third-order valence-corrected chi connectivity index (χ3v) is 3.66. The van der Waals surface area contributed by atoms with Gasteiger partial charge in [0.1, 0.15) is 0 Å². The Hall–Kier alpha value is -2.28. The number of ether oxygens (including phenoxy) is 1. The highest BCUT2D eigenvalue weighted by molar-refractivity contribution is 6.43. The summed E-state index contributed by atoms with van der Waals surface area (Å²) in [5.74, 6) is -1.26. The highest BCUT2D eigenvalue weighted by Gasteiger charge is 2.18. The van der Waals surface area contributed by atoms with Gasteiger partial charge < -0.3 is 9.64 Å². The fourth-order valence-corrected chi connectivity index (χ4v) is 2.07. The first-order valence-electron chi connectivity index (χ1n) is 6.64. The summed E-state index contributed by atoms with van der Waals surface area (Å²) in [4.78, 5) is 25.3. The van der Waals surface area contributed by atoms with Gasteiger partial charge in [0.25, 0.3) is 5.91 Å². The van der Waals surface area contributed by atoms with Crippen molar-refractivity contribution in [3.05, 3.63) is 33.8 Å². The molecule has 23 heavy (non-hydrogen) atoms. The Morgan fingerprint density at radius 3 is 2.30 bits per heavy atom. The van der Waals surface area contributed by atoms with Crippen LogP contribution in [0.25, 0.3) is 0 Å². The molecule has 0 saturated heterocycles. The van der Waals surface area contributed by atoms with Gasteiger partial charge in [-0.15, -0.1) is 0 Å². The molecule has 0 spiro atoms. The molecule has 0 N–H and O–H groups in total. The lowest BCUT2D eigenvalue weighted by atomic mass is 10.2. The summed E-state index contributed by atoms with van der Waals surface area (Å²) < 4.78 is 4.93. The van der Waals surface area contributed by atoms with Crippen molar-refractivity contribution in [1.82, 2.24) is 4.90 Å². The van der Waals surface area contributed by atoms with Crippen molar-refractivity contribution < 1.29 is 14.3 Å². The van der Waals surface area contributed by atoms with E-state index in [0.29, 0.717) is 0 Å². The molecule has 120 valence electrons. The molecule has 0 unspecified atom stereocenters. The van der Waals surface area contributed by atoms with Crippen LogP contribution in [0.1, 0.15) is 23.2 Å². The van der Waals surface area contributed by atoms with Crippen molar-refractivity contribution in [2.24, 2.45) is 0 Å². The Labute approximate surface area is 143 Å². The van der Waals surface area contributed by atoms with Gasteiger partial charge in [0, 0.05) is 13.1 Å². The quantitative estimate of drug-likeness (QED) is 0.702. The van der Waals surface area contributed by atoms with E-state index >= 15 is 0 Å². The van der Waals surface area contributed by atoms with Gasteiger partial charge in [-0.3, -0.25) is 4.79 Å². The Balaban J connectivity index is 2.65. The molecular formula is C15H13Cl2N3O3. The fraction of sp³-hybridized carbons (Fsp3) is 0.333. The summed E-state index contributed by atoms with van der Waals surface area (Å²) in [5.41, 5.74) is 0.0626. The topological polar surface area (TPSA) is 94.2 Å². The first-order valence-corrected chi connectivity index (χ1v) is 7.39. The second-order valence-corrected chi connectivity index (χ2v) is 5.16. The monoisotopic (exact) mass is 353 g/mol. The molecule has 0 fully saturated rings. The Kier molecular flexibility index (Phi) is 7.90. The summed E-state index contributed by atoms with van der Waals surface area (Å²) in [5, 5.41) is 17.4. The van der Waals surface area contributed by atoms with Crippen molar-refractivity contribution in [2.45, 2.75) is 12.8 Å². The molecule has 1 aromatic carbocycles. The van der Waals surface area contributed by atoms with Gasteiger partial charge in [-0.05, 0) is 12.1 Å². The maximum absolute atomic E-state index is 12.0. The molecular weight excluding hydrogens is 341 g/mol. The van der Waals surface area contributed by atoms with E-state index in [1.54, 1.807) is 6.07 Å². The molecule has 0 aliphatic rings. The number of halogens is 2. The minimum absolute atomic E-state index is 0.0532. The zero-order chi connectivity index (χ0) is 17.2. The molecule has 0 atom stereocenters. The normalized spacial score (nSPS) is 9.57. The average molecular weight is 354 g/mol. The van der Waals surface area contributed by atoms with Crippen molar-refractivity contribution in [1.29, 1.82) is 10.5 Å². The van der Waals surface area contributed by atoms with Crippen molar-refractivity contribution in [3.8, 4) is 12.1 Å². The van der Waals surface area contributed by atoms with Crippen molar-refractivity contribution in [3.63, 3.8) is 0 Å². The third kappa shape index (κ3) is 5.78. The summed E-state index contributed by atoms with van der Waals surface area (Å²) in [6.45, 7) is -0.155. The molecule has 6 nitrogen and oxygen atoms in total. The molecule has 0 aromatic heterocycles. The second kappa shape index (κ2) is 9.68. The van der Waals surface area contributed by atoms with Crippen LogP contribution in [-0.4, -0.2) is 36.5 Å². The smallest absolute Gasteiger partial charge is 0.340 e. The number of esters is 1. The lowest BCUT2D eigenvalue weighted by molar-refractivity contribution is -0.134. The maximum atomic E-state index is 12.0. The number of nitriles is 2. The van der Waals surface area contributed by atoms with Crippen LogP contribution in [0.15, 0.2) is 18.2 Å². The zero-order valence-corrected chi connectivity index (χ0v) is 13.6.